The number of likely N-dealkylation sites (tertiary alicyclic amines) is 1. The first-order chi connectivity index (χ1) is 17.9. The Bertz CT molecular complexity index is 1240. The molecule has 2 aromatic carbocycles. The van der Waals surface area contributed by atoms with Crippen LogP contribution in [0.5, 0.6) is 17.2 Å². The fraction of sp³-hybridized carbons (Fsp3) is 0.429. The largest absolute Gasteiger partial charge is 0.507 e. The van der Waals surface area contributed by atoms with Gasteiger partial charge in [-0.3, -0.25) is 9.59 Å². The Hall–Kier alpha value is -3.72. The molecule has 196 valence electrons. The van der Waals surface area contributed by atoms with Crippen molar-refractivity contribution >= 4 is 23.1 Å². The van der Waals surface area contributed by atoms with Crippen LogP contribution in [0.3, 0.4) is 0 Å². The van der Waals surface area contributed by atoms with Crippen LogP contribution in [0.2, 0.25) is 0 Å². The lowest BCUT2D eigenvalue weighted by Gasteiger charge is -2.29. The molecular formula is C28H32N2O7. The average Bonchev–Trinajstić information content (AvgIpc) is 3.51. The van der Waals surface area contributed by atoms with E-state index in [0.29, 0.717) is 54.7 Å². The molecule has 2 atom stereocenters. The Balaban J connectivity index is 1.62. The third-order valence-corrected chi connectivity index (χ3v) is 7.10. The van der Waals surface area contributed by atoms with Crippen molar-refractivity contribution in [1.82, 2.24) is 4.90 Å². The minimum absolute atomic E-state index is 0.0357. The molecule has 1 amide bonds. The molecule has 3 aliphatic heterocycles. The number of Topliss-reactive ketones (excluding diaryl/α,β-unsaturated/α-hetero) is 1. The van der Waals surface area contributed by atoms with E-state index in [4.69, 9.17) is 18.9 Å². The lowest BCUT2D eigenvalue weighted by molar-refractivity contribution is -0.140. The number of aliphatic hydroxyl groups is 1. The van der Waals surface area contributed by atoms with Gasteiger partial charge >= 0.3 is 0 Å². The number of aliphatic hydroxyl groups excluding tert-OH is 1. The molecule has 3 aliphatic rings. The van der Waals surface area contributed by atoms with E-state index in [1.54, 1.807) is 36.4 Å². The van der Waals surface area contributed by atoms with Gasteiger partial charge in [-0.2, -0.15) is 0 Å². The highest BCUT2D eigenvalue weighted by atomic mass is 16.5. The molecule has 0 radical (unpaired) electrons. The molecule has 9 nitrogen and oxygen atoms in total. The first-order valence-electron chi connectivity index (χ1n) is 12.6. The third-order valence-electron chi connectivity index (χ3n) is 7.10. The van der Waals surface area contributed by atoms with Crippen molar-refractivity contribution in [2.24, 2.45) is 0 Å². The highest BCUT2D eigenvalue weighted by molar-refractivity contribution is 6.46. The fourth-order valence-electron chi connectivity index (χ4n) is 5.21. The van der Waals surface area contributed by atoms with Crippen LogP contribution in [-0.4, -0.2) is 74.9 Å². The van der Waals surface area contributed by atoms with E-state index in [9.17, 15) is 14.7 Å². The van der Waals surface area contributed by atoms with Crippen LogP contribution in [0.1, 0.15) is 36.9 Å². The molecule has 37 heavy (non-hydrogen) atoms. The van der Waals surface area contributed by atoms with E-state index in [-0.39, 0.29) is 24.0 Å². The molecule has 0 spiro atoms. The minimum atomic E-state index is -0.807. The van der Waals surface area contributed by atoms with E-state index < -0.39 is 17.7 Å². The number of methoxy groups -OCH3 is 1. The smallest absolute Gasteiger partial charge is 0.295 e. The van der Waals surface area contributed by atoms with Crippen LogP contribution in [-0.2, 0) is 14.3 Å². The predicted octanol–water partition coefficient (Wildman–Crippen LogP) is 3.52. The van der Waals surface area contributed by atoms with Crippen LogP contribution in [0, 0.1) is 0 Å². The van der Waals surface area contributed by atoms with E-state index in [0.717, 1.165) is 18.5 Å². The molecule has 0 aliphatic carbocycles. The molecule has 9 heteroatoms. The molecule has 0 saturated carbocycles. The number of fused-ring (bicyclic) bond motifs is 1. The molecule has 2 aromatic rings. The van der Waals surface area contributed by atoms with Gasteiger partial charge in [-0.15, -0.1) is 0 Å². The Kier molecular flexibility index (Phi) is 6.97. The number of carbonyl (C=O) groups is 2. The topological polar surface area (TPSA) is 97.8 Å². The summed E-state index contributed by atoms with van der Waals surface area (Å²) in [6.07, 6.45) is 1.54. The number of amides is 1. The van der Waals surface area contributed by atoms with Gasteiger partial charge in [-0.25, -0.2) is 0 Å². The number of ether oxygens (including phenoxy) is 4. The maximum Gasteiger partial charge on any atom is 0.295 e. The summed E-state index contributed by atoms with van der Waals surface area (Å²) in [5, 5.41) is 11.5. The number of anilines is 1. The van der Waals surface area contributed by atoms with Gasteiger partial charge in [0.05, 0.1) is 43.7 Å². The van der Waals surface area contributed by atoms with Crippen molar-refractivity contribution in [2.75, 3.05) is 52.0 Å². The number of rotatable bonds is 7. The van der Waals surface area contributed by atoms with Gasteiger partial charge in [0.1, 0.15) is 18.1 Å². The average molecular weight is 509 g/mol. The lowest BCUT2D eigenvalue weighted by atomic mass is 9.94. The number of carbonyl (C=O) groups excluding carboxylic acids is 2. The van der Waals surface area contributed by atoms with Gasteiger partial charge in [0.25, 0.3) is 11.7 Å². The van der Waals surface area contributed by atoms with Gasteiger partial charge in [0.2, 0.25) is 0 Å². The van der Waals surface area contributed by atoms with Crippen molar-refractivity contribution in [2.45, 2.75) is 31.9 Å². The predicted molar refractivity (Wildman–Crippen MR) is 137 cm³/mol. The third kappa shape index (κ3) is 4.59. The Morgan fingerprint density at radius 2 is 1.97 bits per heavy atom. The van der Waals surface area contributed by atoms with Crippen LogP contribution in [0.4, 0.5) is 5.69 Å². The molecule has 2 saturated heterocycles. The Morgan fingerprint density at radius 3 is 2.70 bits per heavy atom. The number of likely N-dealkylation sites (N-methyl/N-ethyl adjacent to an activating group) is 1. The van der Waals surface area contributed by atoms with Gasteiger partial charge in [-0.1, -0.05) is 6.07 Å². The first kappa shape index (κ1) is 25.0. The Labute approximate surface area is 216 Å². The van der Waals surface area contributed by atoms with Crippen molar-refractivity contribution < 1.29 is 33.6 Å². The van der Waals surface area contributed by atoms with Crippen molar-refractivity contribution in [3.05, 3.63) is 53.1 Å². The van der Waals surface area contributed by atoms with Gasteiger partial charge < -0.3 is 33.9 Å². The number of hydrogen-bond acceptors (Lipinski definition) is 8. The second kappa shape index (κ2) is 10.3. The summed E-state index contributed by atoms with van der Waals surface area (Å²) in [4.78, 5) is 30.3. The van der Waals surface area contributed by atoms with E-state index in [1.807, 2.05) is 18.9 Å². The summed E-state index contributed by atoms with van der Waals surface area (Å²) in [6.45, 7) is 4.50. The fourth-order valence-corrected chi connectivity index (χ4v) is 5.21. The standard InChI is InChI=1S/C28H32N2O7/c1-4-35-22-10-7-17(15-23(22)34-3)25-24(27(32)28(33)30(25)16-19-6-5-12-36-19)26(31)18-8-9-21-20(14-18)29(2)11-13-37-21/h7-10,14-15,19,25,31H,4-6,11-13,16H2,1-3H3/b26-24+. The maximum atomic E-state index is 13.4. The maximum absolute atomic E-state index is 13.4. The normalized spacial score (nSPS) is 22.7. The molecule has 5 rings (SSSR count). The van der Waals surface area contributed by atoms with Crippen LogP contribution in [0.15, 0.2) is 42.0 Å². The van der Waals surface area contributed by atoms with Crippen LogP contribution >= 0.6 is 0 Å². The van der Waals surface area contributed by atoms with E-state index >= 15 is 0 Å². The summed E-state index contributed by atoms with van der Waals surface area (Å²) >= 11 is 0. The summed E-state index contributed by atoms with van der Waals surface area (Å²) in [6, 6.07) is 9.77. The summed E-state index contributed by atoms with van der Waals surface area (Å²) < 4.78 is 22.7. The van der Waals surface area contributed by atoms with Crippen molar-refractivity contribution in [1.29, 1.82) is 0 Å². The summed E-state index contributed by atoms with van der Waals surface area (Å²) in [5.41, 5.74) is 1.92. The van der Waals surface area contributed by atoms with Gasteiger partial charge in [0.15, 0.2) is 11.5 Å². The molecule has 1 N–H and O–H groups in total. The van der Waals surface area contributed by atoms with Gasteiger partial charge in [-0.05, 0) is 55.7 Å². The zero-order valence-corrected chi connectivity index (χ0v) is 21.4. The molecule has 2 unspecified atom stereocenters. The second-order valence-corrected chi connectivity index (χ2v) is 9.38. The summed E-state index contributed by atoms with van der Waals surface area (Å²) in [5.74, 6) is 0.130. The van der Waals surface area contributed by atoms with E-state index in [2.05, 4.69) is 0 Å². The highest BCUT2D eigenvalue weighted by Crippen LogP contribution is 2.43. The Morgan fingerprint density at radius 1 is 1.14 bits per heavy atom. The van der Waals surface area contributed by atoms with Crippen LogP contribution < -0.4 is 19.1 Å². The summed E-state index contributed by atoms with van der Waals surface area (Å²) in [7, 11) is 3.48. The van der Waals surface area contributed by atoms with E-state index in [1.165, 1.54) is 12.0 Å². The quantitative estimate of drug-likeness (QED) is 0.345. The molecular weight excluding hydrogens is 476 g/mol. The van der Waals surface area contributed by atoms with Crippen molar-refractivity contribution in [3.63, 3.8) is 0 Å². The zero-order valence-electron chi connectivity index (χ0n) is 21.4. The van der Waals surface area contributed by atoms with Crippen LogP contribution in [0.25, 0.3) is 5.76 Å². The molecule has 2 fully saturated rings. The van der Waals surface area contributed by atoms with Gasteiger partial charge in [0, 0.05) is 25.8 Å². The lowest BCUT2D eigenvalue weighted by Crippen LogP contribution is -2.36. The number of ketones is 1. The second-order valence-electron chi connectivity index (χ2n) is 9.38. The zero-order chi connectivity index (χ0) is 26.1. The SMILES string of the molecule is CCOc1ccc(C2/C(=C(\O)c3ccc4c(c3)N(C)CCO4)C(=O)C(=O)N2CC2CCCO2)cc1OC. The monoisotopic (exact) mass is 508 g/mol. The number of nitrogens with zero attached hydrogens (tertiary/aromatic N) is 2. The molecule has 0 bridgehead atoms. The molecule has 0 aromatic heterocycles. The minimum Gasteiger partial charge on any atom is -0.507 e. The number of benzene rings is 2. The highest BCUT2D eigenvalue weighted by Gasteiger charge is 2.47. The van der Waals surface area contributed by atoms with Crippen molar-refractivity contribution in [3.8, 4) is 17.2 Å². The number of hydrogen-bond donors (Lipinski definition) is 1. The first-order valence-corrected chi connectivity index (χ1v) is 12.6. The molecule has 3 heterocycles.